The molecule has 8 nitrogen and oxygen atoms in total. The summed E-state index contributed by atoms with van der Waals surface area (Å²) in [5, 5.41) is 3.00. The summed E-state index contributed by atoms with van der Waals surface area (Å²) < 4.78 is 4.05. The van der Waals surface area contributed by atoms with Gasteiger partial charge in [0, 0.05) is 33.6 Å². The summed E-state index contributed by atoms with van der Waals surface area (Å²) in [5.74, 6) is 0.572. The van der Waals surface area contributed by atoms with Gasteiger partial charge in [-0.05, 0) is 18.8 Å². The minimum atomic E-state index is -0.409. The highest BCUT2D eigenvalue weighted by Crippen LogP contribution is 2.22. The smallest absolute Gasteiger partial charge is 0.332 e. The SMILES string of the molecule is Cn1c(=O)c2c(ncn2CCC(=O)NCC2CCCCC2)n(C)c1=O. The van der Waals surface area contributed by atoms with E-state index in [1.54, 1.807) is 11.6 Å². The number of nitrogens with one attached hydrogen (secondary N) is 1. The number of rotatable bonds is 5. The topological polar surface area (TPSA) is 90.9 Å². The molecule has 1 fully saturated rings. The Morgan fingerprint density at radius 2 is 1.92 bits per heavy atom. The molecule has 25 heavy (non-hydrogen) atoms. The van der Waals surface area contributed by atoms with Crippen molar-refractivity contribution in [3.05, 3.63) is 27.2 Å². The zero-order chi connectivity index (χ0) is 18.0. The molecule has 1 amide bonds. The third-order valence-corrected chi connectivity index (χ3v) is 5.11. The van der Waals surface area contributed by atoms with Crippen LogP contribution in [-0.2, 0) is 25.4 Å². The lowest BCUT2D eigenvalue weighted by Crippen LogP contribution is -2.37. The molecule has 0 radical (unpaired) electrons. The monoisotopic (exact) mass is 347 g/mol. The minimum Gasteiger partial charge on any atom is -0.356 e. The number of hydrogen-bond donors (Lipinski definition) is 1. The summed E-state index contributed by atoms with van der Waals surface area (Å²) in [6.07, 6.45) is 7.99. The zero-order valence-corrected chi connectivity index (χ0v) is 14.8. The first-order chi connectivity index (χ1) is 12.0. The fourth-order valence-electron chi connectivity index (χ4n) is 3.53. The lowest BCUT2D eigenvalue weighted by molar-refractivity contribution is -0.121. The van der Waals surface area contributed by atoms with Crippen LogP contribution in [0.4, 0.5) is 0 Å². The molecule has 136 valence electrons. The van der Waals surface area contributed by atoms with Crippen LogP contribution in [0.2, 0.25) is 0 Å². The van der Waals surface area contributed by atoms with Crippen molar-refractivity contribution in [1.82, 2.24) is 24.0 Å². The molecule has 0 aromatic carbocycles. The van der Waals surface area contributed by atoms with Gasteiger partial charge in [-0.3, -0.25) is 18.7 Å². The van der Waals surface area contributed by atoms with E-state index in [1.807, 2.05) is 0 Å². The van der Waals surface area contributed by atoms with Crippen LogP contribution in [0.3, 0.4) is 0 Å². The van der Waals surface area contributed by atoms with Crippen molar-refractivity contribution in [2.24, 2.45) is 20.0 Å². The predicted octanol–water partition coefficient (Wildman–Crippen LogP) is 0.520. The summed E-state index contributed by atoms with van der Waals surface area (Å²) in [6.45, 7) is 1.10. The van der Waals surface area contributed by atoms with Crippen molar-refractivity contribution in [1.29, 1.82) is 0 Å². The first kappa shape index (κ1) is 17.4. The Morgan fingerprint density at radius 3 is 2.64 bits per heavy atom. The van der Waals surface area contributed by atoms with Gasteiger partial charge in [0.25, 0.3) is 5.56 Å². The van der Waals surface area contributed by atoms with E-state index in [2.05, 4.69) is 10.3 Å². The molecular weight excluding hydrogens is 322 g/mol. The van der Waals surface area contributed by atoms with Gasteiger partial charge in [-0.15, -0.1) is 0 Å². The van der Waals surface area contributed by atoms with E-state index in [-0.39, 0.29) is 12.3 Å². The van der Waals surface area contributed by atoms with Crippen LogP contribution in [0.25, 0.3) is 11.2 Å². The predicted molar refractivity (Wildman–Crippen MR) is 94.4 cm³/mol. The van der Waals surface area contributed by atoms with E-state index in [0.717, 1.165) is 11.1 Å². The number of carbonyl (C=O) groups excluding carboxylic acids is 1. The lowest BCUT2D eigenvalue weighted by atomic mass is 9.89. The van der Waals surface area contributed by atoms with Crippen LogP contribution < -0.4 is 16.6 Å². The van der Waals surface area contributed by atoms with Crippen molar-refractivity contribution < 1.29 is 4.79 Å². The molecule has 0 bridgehead atoms. The van der Waals surface area contributed by atoms with E-state index in [4.69, 9.17) is 0 Å². The van der Waals surface area contributed by atoms with Crippen LogP contribution >= 0.6 is 0 Å². The fourth-order valence-corrected chi connectivity index (χ4v) is 3.53. The molecule has 2 aromatic rings. The number of hydrogen-bond acceptors (Lipinski definition) is 4. The van der Waals surface area contributed by atoms with E-state index in [1.165, 1.54) is 50.0 Å². The average Bonchev–Trinajstić information content (AvgIpc) is 3.06. The van der Waals surface area contributed by atoms with E-state index >= 15 is 0 Å². The second-order valence-electron chi connectivity index (χ2n) is 6.87. The Labute approximate surface area is 145 Å². The van der Waals surface area contributed by atoms with Gasteiger partial charge in [-0.25, -0.2) is 9.78 Å². The summed E-state index contributed by atoms with van der Waals surface area (Å²) in [6, 6.07) is 0. The maximum atomic E-state index is 12.3. The fraction of sp³-hybridized carbons (Fsp3) is 0.647. The molecule has 0 aliphatic heterocycles. The normalized spacial score (nSPS) is 15.6. The van der Waals surface area contributed by atoms with Gasteiger partial charge in [0.15, 0.2) is 11.2 Å². The molecule has 0 saturated heterocycles. The van der Waals surface area contributed by atoms with Gasteiger partial charge in [0.2, 0.25) is 5.91 Å². The number of aryl methyl sites for hydroxylation is 2. The molecule has 1 aliphatic rings. The molecule has 0 unspecified atom stereocenters. The molecule has 8 heteroatoms. The first-order valence-corrected chi connectivity index (χ1v) is 8.86. The molecule has 0 atom stereocenters. The maximum Gasteiger partial charge on any atom is 0.332 e. The standard InChI is InChI=1S/C17H25N5O3/c1-20-15-14(16(24)21(2)17(20)25)22(11-19-15)9-8-13(23)18-10-12-6-4-3-5-7-12/h11-12H,3-10H2,1-2H3,(H,18,23). The number of carbonyl (C=O) groups is 1. The quantitative estimate of drug-likeness (QED) is 0.854. The number of aromatic nitrogens is 4. The Bertz CT molecular complexity index is 886. The van der Waals surface area contributed by atoms with Crippen molar-refractivity contribution in [3.63, 3.8) is 0 Å². The van der Waals surface area contributed by atoms with Crippen molar-refractivity contribution in [3.8, 4) is 0 Å². The molecule has 0 spiro atoms. The summed E-state index contributed by atoms with van der Waals surface area (Å²) >= 11 is 0. The van der Waals surface area contributed by atoms with E-state index in [9.17, 15) is 14.4 Å². The van der Waals surface area contributed by atoms with Crippen molar-refractivity contribution in [2.75, 3.05) is 6.54 Å². The molecule has 1 aliphatic carbocycles. The molecule has 1 saturated carbocycles. The van der Waals surface area contributed by atoms with Crippen molar-refractivity contribution >= 4 is 17.1 Å². The maximum absolute atomic E-state index is 12.3. The van der Waals surface area contributed by atoms with Gasteiger partial charge in [0.1, 0.15) is 0 Å². The van der Waals surface area contributed by atoms with Gasteiger partial charge in [-0.2, -0.15) is 0 Å². The third-order valence-electron chi connectivity index (χ3n) is 5.11. The summed E-state index contributed by atoms with van der Waals surface area (Å²) in [5.41, 5.74) is -0.105. The molecule has 2 aromatic heterocycles. The Hall–Kier alpha value is -2.38. The number of fused-ring (bicyclic) bond motifs is 1. The lowest BCUT2D eigenvalue weighted by Gasteiger charge is -2.21. The van der Waals surface area contributed by atoms with E-state index in [0.29, 0.717) is 23.6 Å². The molecule has 1 N–H and O–H groups in total. The van der Waals surface area contributed by atoms with E-state index < -0.39 is 11.2 Å². The highest BCUT2D eigenvalue weighted by Gasteiger charge is 2.16. The number of imidazole rings is 1. The highest BCUT2D eigenvalue weighted by molar-refractivity contribution is 5.76. The van der Waals surface area contributed by atoms with Gasteiger partial charge in [-0.1, -0.05) is 19.3 Å². The number of amides is 1. The van der Waals surface area contributed by atoms with Crippen LogP contribution in [0.1, 0.15) is 38.5 Å². The van der Waals surface area contributed by atoms with Gasteiger partial charge in [0.05, 0.1) is 6.33 Å². The van der Waals surface area contributed by atoms with Crippen LogP contribution in [0.15, 0.2) is 15.9 Å². The zero-order valence-electron chi connectivity index (χ0n) is 14.8. The summed E-state index contributed by atoms with van der Waals surface area (Å²) in [4.78, 5) is 40.5. The summed E-state index contributed by atoms with van der Waals surface area (Å²) in [7, 11) is 3.02. The molecule has 3 rings (SSSR count). The third kappa shape index (κ3) is 3.52. The number of nitrogens with zero attached hydrogens (tertiary/aromatic N) is 4. The van der Waals surface area contributed by atoms with Gasteiger partial charge < -0.3 is 9.88 Å². The van der Waals surface area contributed by atoms with Crippen LogP contribution in [0, 0.1) is 5.92 Å². The Balaban J connectivity index is 1.66. The minimum absolute atomic E-state index is 0.0194. The van der Waals surface area contributed by atoms with Crippen LogP contribution in [-0.4, -0.2) is 31.1 Å². The second-order valence-corrected chi connectivity index (χ2v) is 6.87. The highest BCUT2D eigenvalue weighted by atomic mass is 16.2. The van der Waals surface area contributed by atoms with Gasteiger partial charge >= 0.3 is 5.69 Å². The Kier molecular flexibility index (Phi) is 5.06. The van der Waals surface area contributed by atoms with Crippen molar-refractivity contribution in [2.45, 2.75) is 45.1 Å². The average molecular weight is 347 g/mol. The molecular formula is C17H25N5O3. The van der Waals surface area contributed by atoms with Crippen LogP contribution in [0.5, 0.6) is 0 Å². The molecule has 2 heterocycles. The largest absolute Gasteiger partial charge is 0.356 e. The first-order valence-electron chi connectivity index (χ1n) is 8.86. The second kappa shape index (κ2) is 7.25. The Morgan fingerprint density at radius 1 is 1.20 bits per heavy atom.